The van der Waals surface area contributed by atoms with E-state index in [-0.39, 0.29) is 36.1 Å². The third kappa shape index (κ3) is 7.80. The molecule has 1 atom stereocenters. The number of methoxy groups -OCH3 is 1. The molecule has 2 aromatic carbocycles. The van der Waals surface area contributed by atoms with Gasteiger partial charge >= 0.3 is 0 Å². The average molecular weight is 555 g/mol. The van der Waals surface area contributed by atoms with Gasteiger partial charge in [-0.1, -0.05) is 36.7 Å². The second-order valence-corrected chi connectivity index (χ2v) is 10.9. The normalized spacial score (nSPS) is 12.1. The van der Waals surface area contributed by atoms with Gasteiger partial charge in [0.2, 0.25) is 21.8 Å². The van der Waals surface area contributed by atoms with Crippen molar-refractivity contribution in [2.24, 2.45) is 0 Å². The molecule has 37 heavy (non-hydrogen) atoms. The Morgan fingerprint density at radius 1 is 1.19 bits per heavy atom. The lowest BCUT2D eigenvalue weighted by Crippen LogP contribution is -2.53. The van der Waals surface area contributed by atoms with E-state index in [4.69, 9.17) is 16.3 Å². The van der Waals surface area contributed by atoms with E-state index in [0.29, 0.717) is 10.6 Å². The van der Waals surface area contributed by atoms with Crippen LogP contribution in [-0.4, -0.2) is 62.0 Å². The van der Waals surface area contributed by atoms with Gasteiger partial charge in [0.05, 0.1) is 18.3 Å². The van der Waals surface area contributed by atoms with Gasteiger partial charge in [-0.3, -0.25) is 24.0 Å². The van der Waals surface area contributed by atoms with E-state index in [9.17, 15) is 28.1 Å². The first-order valence-electron chi connectivity index (χ1n) is 11.4. The van der Waals surface area contributed by atoms with E-state index < -0.39 is 39.3 Å². The van der Waals surface area contributed by atoms with Crippen molar-refractivity contribution in [3.8, 4) is 5.75 Å². The zero-order chi connectivity index (χ0) is 27.9. The van der Waals surface area contributed by atoms with Crippen molar-refractivity contribution in [2.75, 3.05) is 24.2 Å². The number of rotatable bonds is 12. The van der Waals surface area contributed by atoms with Gasteiger partial charge in [0.25, 0.3) is 5.69 Å². The summed E-state index contributed by atoms with van der Waals surface area (Å²) in [5.41, 5.74) is 0.00430. The number of nitrogens with one attached hydrogen (secondary N) is 1. The van der Waals surface area contributed by atoms with Gasteiger partial charge in [0.1, 0.15) is 24.0 Å². The molecule has 0 saturated carbocycles. The average Bonchev–Trinajstić information content (AvgIpc) is 2.81. The molecule has 0 aliphatic carbocycles. The summed E-state index contributed by atoms with van der Waals surface area (Å²) in [6, 6.07) is 9.12. The number of carbonyl (C=O) groups is 2. The van der Waals surface area contributed by atoms with Crippen LogP contribution in [-0.2, 0) is 26.2 Å². The van der Waals surface area contributed by atoms with Crippen molar-refractivity contribution in [3.05, 3.63) is 63.2 Å². The Balaban J connectivity index is 2.58. The van der Waals surface area contributed by atoms with Crippen molar-refractivity contribution >= 4 is 44.8 Å². The third-order valence-corrected chi connectivity index (χ3v) is 6.93. The summed E-state index contributed by atoms with van der Waals surface area (Å²) < 4.78 is 31.6. The van der Waals surface area contributed by atoms with Crippen molar-refractivity contribution < 1.29 is 27.7 Å². The van der Waals surface area contributed by atoms with E-state index in [1.807, 2.05) is 0 Å². The summed E-state index contributed by atoms with van der Waals surface area (Å²) in [4.78, 5) is 38.7. The van der Waals surface area contributed by atoms with Gasteiger partial charge in [0.15, 0.2) is 0 Å². The molecule has 0 aromatic heterocycles. The predicted molar refractivity (Wildman–Crippen MR) is 141 cm³/mol. The molecule has 0 radical (unpaired) electrons. The summed E-state index contributed by atoms with van der Waals surface area (Å²) in [7, 11) is -2.84. The number of halogens is 1. The van der Waals surface area contributed by atoms with Crippen LogP contribution in [0.4, 0.5) is 11.4 Å². The number of nitrogens with zero attached hydrogens (tertiary/aromatic N) is 3. The van der Waals surface area contributed by atoms with Crippen LogP contribution in [0, 0.1) is 10.1 Å². The first-order chi connectivity index (χ1) is 17.3. The Hall–Kier alpha value is -3.38. The van der Waals surface area contributed by atoms with Crippen LogP contribution in [0.5, 0.6) is 5.75 Å². The molecule has 202 valence electrons. The minimum absolute atomic E-state index is 0.0195. The topological polar surface area (TPSA) is 139 Å². The Morgan fingerprint density at radius 3 is 2.35 bits per heavy atom. The van der Waals surface area contributed by atoms with Crippen molar-refractivity contribution in [2.45, 2.75) is 45.8 Å². The maximum absolute atomic E-state index is 13.7. The molecule has 11 nitrogen and oxygen atoms in total. The van der Waals surface area contributed by atoms with E-state index in [1.54, 1.807) is 45.0 Å². The molecule has 2 amide bonds. The highest BCUT2D eigenvalue weighted by atomic mass is 35.5. The zero-order valence-corrected chi connectivity index (χ0v) is 22.9. The number of nitro groups is 1. The Morgan fingerprint density at radius 2 is 1.84 bits per heavy atom. The van der Waals surface area contributed by atoms with Gasteiger partial charge in [-0.25, -0.2) is 8.42 Å². The summed E-state index contributed by atoms with van der Waals surface area (Å²) in [5.74, 6) is -1.09. The number of non-ortho nitro benzene ring substituents is 1. The number of benzene rings is 2. The smallest absolute Gasteiger partial charge is 0.271 e. The van der Waals surface area contributed by atoms with Crippen LogP contribution in [0.25, 0.3) is 0 Å². The minimum Gasteiger partial charge on any atom is -0.495 e. The third-order valence-electron chi connectivity index (χ3n) is 5.44. The molecule has 0 saturated heterocycles. The molecule has 2 aromatic rings. The van der Waals surface area contributed by atoms with Gasteiger partial charge in [-0.2, -0.15) is 0 Å². The predicted octanol–water partition coefficient (Wildman–Crippen LogP) is 3.35. The fourth-order valence-electron chi connectivity index (χ4n) is 3.69. The van der Waals surface area contributed by atoms with Crippen molar-refractivity contribution in [1.82, 2.24) is 10.2 Å². The fraction of sp³-hybridized carbons (Fsp3) is 0.417. The Kier molecular flexibility index (Phi) is 10.3. The number of sulfonamides is 1. The number of carbonyl (C=O) groups excluding carboxylic acids is 2. The quantitative estimate of drug-likeness (QED) is 0.313. The number of nitro benzene ring substituents is 1. The van der Waals surface area contributed by atoms with Gasteiger partial charge < -0.3 is 15.0 Å². The minimum atomic E-state index is -4.12. The second-order valence-electron chi connectivity index (χ2n) is 8.58. The maximum Gasteiger partial charge on any atom is 0.271 e. The van der Waals surface area contributed by atoms with Gasteiger partial charge in [-0.05, 0) is 38.0 Å². The maximum atomic E-state index is 13.7. The Labute approximate surface area is 221 Å². The lowest BCUT2D eigenvalue weighted by Gasteiger charge is -2.33. The van der Waals surface area contributed by atoms with Crippen LogP contribution < -0.4 is 14.4 Å². The molecular formula is C24H31ClN4O7S. The van der Waals surface area contributed by atoms with E-state index in [0.717, 1.165) is 22.7 Å². The lowest BCUT2D eigenvalue weighted by atomic mass is 10.1. The number of ether oxygens (including phenoxy) is 1. The number of hydrogen-bond donors (Lipinski definition) is 1. The van der Waals surface area contributed by atoms with Crippen LogP contribution in [0.1, 0.15) is 32.8 Å². The lowest BCUT2D eigenvalue weighted by molar-refractivity contribution is -0.384. The highest BCUT2D eigenvalue weighted by Gasteiger charge is 2.33. The molecule has 0 unspecified atom stereocenters. The first kappa shape index (κ1) is 29.8. The van der Waals surface area contributed by atoms with Gasteiger partial charge in [-0.15, -0.1) is 0 Å². The monoisotopic (exact) mass is 554 g/mol. The highest BCUT2D eigenvalue weighted by molar-refractivity contribution is 7.92. The van der Waals surface area contributed by atoms with Crippen LogP contribution in [0.15, 0.2) is 42.5 Å². The number of amides is 2. The largest absolute Gasteiger partial charge is 0.495 e. The molecule has 1 N–H and O–H groups in total. The van der Waals surface area contributed by atoms with Crippen LogP contribution in [0.2, 0.25) is 5.02 Å². The van der Waals surface area contributed by atoms with Crippen molar-refractivity contribution in [1.29, 1.82) is 0 Å². The molecule has 0 aliphatic rings. The van der Waals surface area contributed by atoms with Gasteiger partial charge in [0, 0.05) is 29.7 Å². The number of hydrogen-bond acceptors (Lipinski definition) is 7. The summed E-state index contributed by atoms with van der Waals surface area (Å²) in [6.45, 7) is 4.50. The molecule has 0 aliphatic heterocycles. The zero-order valence-electron chi connectivity index (χ0n) is 21.3. The second kappa shape index (κ2) is 12.7. The SMILES string of the molecule is CC[C@H](C(=O)NC(C)C)N(Cc1ccccc1Cl)C(=O)CN(c1cc([N+](=O)[O-])ccc1OC)S(C)(=O)=O. The molecule has 13 heteroatoms. The highest BCUT2D eigenvalue weighted by Crippen LogP contribution is 2.34. The first-order valence-corrected chi connectivity index (χ1v) is 13.7. The molecule has 0 heterocycles. The summed E-state index contributed by atoms with van der Waals surface area (Å²) in [6.07, 6.45) is 1.12. The summed E-state index contributed by atoms with van der Waals surface area (Å²) in [5, 5.41) is 14.5. The molecule has 2 rings (SSSR count). The van der Waals surface area contributed by atoms with E-state index in [2.05, 4.69) is 5.32 Å². The molecule has 0 fully saturated rings. The molecular weight excluding hydrogens is 524 g/mol. The molecule has 0 bridgehead atoms. The molecule has 0 spiro atoms. The van der Waals surface area contributed by atoms with Crippen LogP contribution >= 0.6 is 11.6 Å². The number of anilines is 1. The summed E-state index contributed by atoms with van der Waals surface area (Å²) >= 11 is 6.32. The van der Waals surface area contributed by atoms with Crippen molar-refractivity contribution in [3.63, 3.8) is 0 Å². The van der Waals surface area contributed by atoms with E-state index >= 15 is 0 Å². The fourth-order valence-corrected chi connectivity index (χ4v) is 4.73. The van der Waals surface area contributed by atoms with Crippen LogP contribution in [0.3, 0.4) is 0 Å². The van der Waals surface area contributed by atoms with E-state index in [1.165, 1.54) is 18.1 Å². The Bertz CT molecular complexity index is 1250. The standard InChI is InChI=1S/C24H31ClN4O7S/c1-6-20(24(31)26-16(2)3)27(14-17-9-7-8-10-19(17)25)23(30)15-28(37(5,34)35)21-13-18(29(32)33)11-12-22(21)36-4/h7-13,16,20H,6,14-15H2,1-5H3,(H,26,31)/t20-/m1/s1.